The van der Waals surface area contributed by atoms with Gasteiger partial charge in [-0.25, -0.2) is 0 Å². The number of thiophene rings is 1. The fraction of sp³-hybridized carbons (Fsp3) is 0.714. The van der Waals surface area contributed by atoms with Crippen molar-refractivity contribution >= 4 is 27.3 Å². The van der Waals surface area contributed by atoms with Crippen LogP contribution in [0.15, 0.2) is 15.9 Å². The van der Waals surface area contributed by atoms with Gasteiger partial charge in [0.05, 0.1) is 22.6 Å². The zero-order valence-corrected chi connectivity index (χ0v) is 14.5. The van der Waals surface area contributed by atoms with E-state index in [9.17, 15) is 0 Å². The van der Waals surface area contributed by atoms with Crippen LogP contribution in [-0.4, -0.2) is 24.9 Å². The van der Waals surface area contributed by atoms with Gasteiger partial charge in [-0.2, -0.15) is 0 Å². The first kappa shape index (κ1) is 17.1. The van der Waals surface area contributed by atoms with Crippen molar-refractivity contribution in [3.63, 3.8) is 0 Å². The number of ether oxygens (including phenoxy) is 2. The van der Waals surface area contributed by atoms with Crippen LogP contribution in [0.2, 0.25) is 0 Å². The van der Waals surface area contributed by atoms with Crippen LogP contribution in [-0.2, 0) is 9.47 Å². The largest absolute Gasteiger partial charge is 0.373 e. The molecule has 0 spiro atoms. The molecule has 19 heavy (non-hydrogen) atoms. The van der Waals surface area contributed by atoms with Crippen molar-refractivity contribution in [2.45, 2.75) is 51.9 Å². The molecule has 0 fully saturated rings. The number of rotatable bonds is 7. The molecule has 1 aromatic heterocycles. The first-order valence-electron chi connectivity index (χ1n) is 6.60. The Morgan fingerprint density at radius 1 is 1.32 bits per heavy atom. The minimum absolute atomic E-state index is 0.0141. The number of halogens is 1. The quantitative estimate of drug-likeness (QED) is 0.753. The van der Waals surface area contributed by atoms with Crippen molar-refractivity contribution in [2.24, 2.45) is 5.73 Å². The summed E-state index contributed by atoms with van der Waals surface area (Å²) in [6, 6.07) is 4.12. The van der Waals surface area contributed by atoms with Crippen molar-refractivity contribution in [1.82, 2.24) is 0 Å². The van der Waals surface area contributed by atoms with Gasteiger partial charge in [0, 0.05) is 10.9 Å². The minimum Gasteiger partial charge on any atom is -0.373 e. The van der Waals surface area contributed by atoms with E-state index in [0.29, 0.717) is 13.2 Å². The summed E-state index contributed by atoms with van der Waals surface area (Å²) in [5, 5.41) is 0. The highest BCUT2D eigenvalue weighted by Crippen LogP contribution is 2.31. The summed E-state index contributed by atoms with van der Waals surface area (Å²) in [6.45, 7) is 9.35. The molecule has 0 aromatic carbocycles. The van der Waals surface area contributed by atoms with E-state index in [-0.39, 0.29) is 17.7 Å². The molecule has 2 atom stereocenters. The van der Waals surface area contributed by atoms with E-state index in [1.807, 2.05) is 26.8 Å². The third kappa shape index (κ3) is 6.36. The van der Waals surface area contributed by atoms with Gasteiger partial charge in [0.15, 0.2) is 0 Å². The summed E-state index contributed by atoms with van der Waals surface area (Å²) < 4.78 is 12.7. The molecule has 0 amide bonds. The molecule has 110 valence electrons. The van der Waals surface area contributed by atoms with Crippen molar-refractivity contribution in [3.8, 4) is 0 Å². The fourth-order valence-corrected chi connectivity index (χ4v) is 3.18. The van der Waals surface area contributed by atoms with Crippen molar-refractivity contribution in [2.75, 3.05) is 13.2 Å². The Labute approximate surface area is 128 Å². The summed E-state index contributed by atoms with van der Waals surface area (Å²) in [7, 11) is 0. The lowest BCUT2D eigenvalue weighted by atomic mass is 10.1. The van der Waals surface area contributed by atoms with E-state index in [0.717, 1.165) is 15.1 Å². The van der Waals surface area contributed by atoms with Crippen LogP contribution >= 0.6 is 27.3 Å². The van der Waals surface area contributed by atoms with E-state index >= 15 is 0 Å². The summed E-state index contributed by atoms with van der Waals surface area (Å²) in [5.41, 5.74) is 6.02. The molecule has 2 N–H and O–H groups in total. The number of nitrogens with two attached hydrogens (primary N) is 1. The fourth-order valence-electron chi connectivity index (χ4n) is 1.63. The Hall–Kier alpha value is 0.0600. The average molecular weight is 350 g/mol. The first-order chi connectivity index (χ1) is 8.83. The molecular formula is C14H24BrNO2S. The lowest BCUT2D eigenvalue weighted by Crippen LogP contribution is -2.30. The highest BCUT2D eigenvalue weighted by atomic mass is 79.9. The van der Waals surface area contributed by atoms with E-state index in [4.69, 9.17) is 15.2 Å². The van der Waals surface area contributed by atoms with Gasteiger partial charge in [0.2, 0.25) is 0 Å². The Morgan fingerprint density at radius 2 is 2.00 bits per heavy atom. The van der Waals surface area contributed by atoms with Crippen molar-refractivity contribution in [3.05, 3.63) is 20.8 Å². The maximum atomic E-state index is 6.15. The molecule has 5 heteroatoms. The van der Waals surface area contributed by atoms with Crippen LogP contribution in [0, 0.1) is 0 Å². The second-order valence-corrected chi connectivity index (χ2v) is 7.96. The number of hydrogen-bond acceptors (Lipinski definition) is 4. The van der Waals surface area contributed by atoms with E-state index < -0.39 is 0 Å². The lowest BCUT2D eigenvalue weighted by Gasteiger charge is -2.24. The SMILES string of the molecule is CCC(N)C(OCCOC(C)(C)C)c1ccc(Br)s1. The van der Waals surface area contributed by atoms with Gasteiger partial charge < -0.3 is 15.2 Å². The van der Waals surface area contributed by atoms with E-state index in [2.05, 4.69) is 28.9 Å². The number of hydrogen-bond donors (Lipinski definition) is 1. The molecule has 1 rings (SSSR count). The summed E-state index contributed by atoms with van der Waals surface area (Å²) in [5.74, 6) is 0. The molecule has 1 aromatic rings. The van der Waals surface area contributed by atoms with Gasteiger partial charge >= 0.3 is 0 Å². The van der Waals surface area contributed by atoms with E-state index in [1.165, 1.54) is 0 Å². The van der Waals surface area contributed by atoms with Gasteiger partial charge in [-0.1, -0.05) is 6.92 Å². The molecule has 0 aliphatic carbocycles. The van der Waals surface area contributed by atoms with Gasteiger partial charge in [-0.3, -0.25) is 0 Å². The molecule has 0 bridgehead atoms. The Morgan fingerprint density at radius 3 is 2.47 bits per heavy atom. The molecule has 0 aliphatic rings. The maximum Gasteiger partial charge on any atom is 0.107 e. The zero-order valence-electron chi connectivity index (χ0n) is 12.1. The van der Waals surface area contributed by atoms with E-state index in [1.54, 1.807) is 11.3 Å². The van der Waals surface area contributed by atoms with Crippen LogP contribution in [0.1, 0.15) is 45.1 Å². The molecule has 0 saturated carbocycles. The Bertz CT molecular complexity index is 376. The predicted octanol–water partition coefficient (Wildman–Crippen LogP) is 4.12. The van der Waals surface area contributed by atoms with Crippen LogP contribution < -0.4 is 5.73 Å². The van der Waals surface area contributed by atoms with Gasteiger partial charge in [-0.05, 0) is 55.3 Å². The highest BCUT2D eigenvalue weighted by Gasteiger charge is 2.21. The maximum absolute atomic E-state index is 6.15. The summed E-state index contributed by atoms with van der Waals surface area (Å²) in [6.07, 6.45) is 0.838. The third-order valence-electron chi connectivity index (χ3n) is 2.65. The normalized spacial score (nSPS) is 15.5. The first-order valence-corrected chi connectivity index (χ1v) is 8.21. The standard InChI is InChI=1S/C14H24BrNO2S/c1-5-10(16)13(11-6-7-12(15)19-11)17-8-9-18-14(2,3)4/h6-7,10,13H,5,8-9,16H2,1-4H3. The van der Waals surface area contributed by atoms with Crippen LogP contribution in [0.5, 0.6) is 0 Å². The molecular weight excluding hydrogens is 326 g/mol. The topological polar surface area (TPSA) is 44.5 Å². The highest BCUT2D eigenvalue weighted by molar-refractivity contribution is 9.11. The minimum atomic E-state index is -0.127. The molecule has 0 saturated heterocycles. The lowest BCUT2D eigenvalue weighted by molar-refractivity contribution is -0.0563. The second kappa shape index (κ2) is 7.74. The molecule has 2 unspecified atom stereocenters. The Balaban J connectivity index is 2.52. The zero-order chi connectivity index (χ0) is 14.5. The van der Waals surface area contributed by atoms with Gasteiger partial charge in [-0.15, -0.1) is 11.3 Å². The van der Waals surface area contributed by atoms with Crippen molar-refractivity contribution < 1.29 is 9.47 Å². The van der Waals surface area contributed by atoms with Crippen molar-refractivity contribution in [1.29, 1.82) is 0 Å². The monoisotopic (exact) mass is 349 g/mol. The molecule has 3 nitrogen and oxygen atoms in total. The smallest absolute Gasteiger partial charge is 0.107 e. The average Bonchev–Trinajstić information content (AvgIpc) is 2.73. The molecule has 0 aliphatic heterocycles. The van der Waals surface area contributed by atoms with Gasteiger partial charge in [0.25, 0.3) is 0 Å². The van der Waals surface area contributed by atoms with Crippen LogP contribution in [0.3, 0.4) is 0 Å². The molecule has 0 radical (unpaired) electrons. The molecule has 1 heterocycles. The predicted molar refractivity (Wildman–Crippen MR) is 84.7 cm³/mol. The summed E-state index contributed by atoms with van der Waals surface area (Å²) in [4.78, 5) is 1.16. The van der Waals surface area contributed by atoms with Crippen LogP contribution in [0.25, 0.3) is 0 Å². The third-order valence-corrected chi connectivity index (χ3v) is 4.34. The van der Waals surface area contributed by atoms with Gasteiger partial charge in [0.1, 0.15) is 6.10 Å². The summed E-state index contributed by atoms with van der Waals surface area (Å²) >= 11 is 5.15. The van der Waals surface area contributed by atoms with Crippen LogP contribution in [0.4, 0.5) is 0 Å². The second-order valence-electron chi connectivity index (χ2n) is 5.47. The Kier molecular flexibility index (Phi) is 6.97.